The fourth-order valence-electron chi connectivity index (χ4n) is 6.41. The van der Waals surface area contributed by atoms with Crippen LogP contribution < -0.4 is 11.0 Å². The summed E-state index contributed by atoms with van der Waals surface area (Å²) in [7, 11) is -0.701. The molecule has 2 saturated carbocycles. The third kappa shape index (κ3) is 9.32. The van der Waals surface area contributed by atoms with Crippen LogP contribution in [0.3, 0.4) is 0 Å². The molecule has 5 heteroatoms. The molecular formula is C30H52FeO2P2. The maximum Gasteiger partial charge on any atom is 2.00 e. The monoisotopic (exact) mass is 562 g/mol. The number of rotatable bonds is 5. The molecule has 0 amide bonds. The molecule has 35 heavy (non-hydrogen) atoms. The van der Waals surface area contributed by atoms with Gasteiger partial charge in [0.2, 0.25) is 0 Å². The Balaban J connectivity index is 0.00000129. The van der Waals surface area contributed by atoms with Gasteiger partial charge in [0.15, 0.2) is 0 Å². The van der Waals surface area contributed by atoms with E-state index in [1.807, 2.05) is 24.7 Å². The first-order valence-electron chi connectivity index (χ1n) is 12.8. The molecule has 0 N–H and O–H groups in total. The minimum Gasteiger partial charge on any atom is -0.464 e. The third-order valence-corrected chi connectivity index (χ3v) is 13.9. The van der Waals surface area contributed by atoms with Crippen LogP contribution in [0.4, 0.5) is 0 Å². The fraction of sp³-hybridized carbons (Fsp3) is 0.667. The van der Waals surface area contributed by atoms with E-state index in [1.165, 1.54) is 51.4 Å². The summed E-state index contributed by atoms with van der Waals surface area (Å²) in [5.74, 6) is 0.746. The van der Waals surface area contributed by atoms with Crippen molar-refractivity contribution in [3.63, 3.8) is 0 Å². The van der Waals surface area contributed by atoms with E-state index in [0.29, 0.717) is 16.0 Å². The van der Waals surface area contributed by atoms with E-state index in [-0.39, 0.29) is 39.8 Å². The molecule has 2 aliphatic rings. The van der Waals surface area contributed by atoms with E-state index >= 15 is 0 Å². The van der Waals surface area contributed by atoms with Crippen molar-refractivity contribution >= 4 is 26.8 Å². The van der Waals surface area contributed by atoms with Gasteiger partial charge in [0.05, 0.1) is 12.5 Å². The van der Waals surface area contributed by atoms with Crippen LogP contribution in [0, 0.1) is 20.8 Å². The largest absolute Gasteiger partial charge is 2.00 e. The Morgan fingerprint density at radius 3 is 1.51 bits per heavy atom. The van der Waals surface area contributed by atoms with Gasteiger partial charge in [-0.25, -0.2) is 0 Å². The van der Waals surface area contributed by atoms with Gasteiger partial charge in [-0.15, -0.1) is 0 Å². The first-order chi connectivity index (χ1) is 15.1. The van der Waals surface area contributed by atoms with Crippen molar-refractivity contribution in [2.45, 2.75) is 121 Å². The van der Waals surface area contributed by atoms with Crippen LogP contribution in [0.5, 0.6) is 0 Å². The fourth-order valence-corrected chi connectivity index (χ4v) is 14.7. The van der Waals surface area contributed by atoms with Crippen molar-refractivity contribution in [2.75, 3.05) is 0 Å². The molecule has 2 aromatic rings. The molecule has 0 saturated heterocycles. The molecule has 2 heterocycles. The van der Waals surface area contributed by atoms with Crippen molar-refractivity contribution in [3.05, 3.63) is 51.6 Å². The van der Waals surface area contributed by atoms with Gasteiger partial charge in [-0.2, -0.15) is 0 Å². The first kappa shape index (κ1) is 34.9. The molecule has 2 aromatic heterocycles. The molecule has 0 radical (unpaired) electrons. The Bertz CT molecular complexity index is 715. The maximum absolute atomic E-state index is 5.93. The molecule has 2 fully saturated rings. The molecule has 2 aliphatic carbocycles. The molecule has 3 unspecified atom stereocenters. The van der Waals surface area contributed by atoms with Crippen molar-refractivity contribution in [1.82, 2.24) is 0 Å². The van der Waals surface area contributed by atoms with Gasteiger partial charge in [0.1, 0.15) is 11.0 Å². The van der Waals surface area contributed by atoms with Crippen LogP contribution in [0.15, 0.2) is 45.6 Å². The molecule has 0 aliphatic heterocycles. The van der Waals surface area contributed by atoms with Gasteiger partial charge in [-0.1, -0.05) is 94.9 Å². The predicted octanol–water partition coefficient (Wildman–Crippen LogP) is 9.79. The molecule has 2 nitrogen and oxygen atoms in total. The Kier molecular flexibility index (Phi) is 15.3. The Morgan fingerprint density at radius 2 is 1.17 bits per heavy atom. The quantitative estimate of drug-likeness (QED) is 0.206. The second kappa shape index (κ2) is 15.4. The second-order valence-corrected chi connectivity index (χ2v) is 18.2. The van der Waals surface area contributed by atoms with Crippen LogP contribution in [-0.2, 0) is 17.1 Å². The molecule has 0 aromatic carbocycles. The Hall–Kier alpha value is -0.0605. The van der Waals surface area contributed by atoms with Gasteiger partial charge in [-0.05, 0) is 64.7 Å². The second-order valence-electron chi connectivity index (χ2n) is 11.7. The van der Waals surface area contributed by atoms with E-state index in [1.54, 1.807) is 0 Å². The summed E-state index contributed by atoms with van der Waals surface area (Å²) in [6, 6.07) is 8.37. The average Bonchev–Trinajstić information content (AvgIpc) is 3.48. The van der Waals surface area contributed by atoms with Gasteiger partial charge in [0, 0.05) is 7.92 Å². The smallest absolute Gasteiger partial charge is 0.464 e. The Morgan fingerprint density at radius 1 is 0.743 bits per heavy atom. The average molecular weight is 563 g/mol. The van der Waals surface area contributed by atoms with Crippen LogP contribution in [0.1, 0.15) is 99.8 Å². The summed E-state index contributed by atoms with van der Waals surface area (Å²) in [5.41, 5.74) is 3.64. The zero-order chi connectivity index (χ0) is 23.4. The van der Waals surface area contributed by atoms with Crippen LogP contribution in [0.2, 0.25) is 0 Å². The summed E-state index contributed by atoms with van der Waals surface area (Å²) in [5, 5.41) is 0.719. The van der Waals surface area contributed by atoms with E-state index in [2.05, 4.69) is 60.6 Å². The van der Waals surface area contributed by atoms with Crippen LogP contribution in [0.25, 0.3) is 0 Å². The summed E-state index contributed by atoms with van der Waals surface area (Å²) in [6.45, 7) is 17.2. The van der Waals surface area contributed by atoms with Gasteiger partial charge in [-0.3, -0.25) is 0 Å². The van der Waals surface area contributed by atoms with Gasteiger partial charge >= 0.3 is 17.1 Å². The van der Waals surface area contributed by atoms with Crippen LogP contribution in [-0.4, -0.2) is 21.6 Å². The zero-order valence-electron chi connectivity index (χ0n) is 23.9. The van der Waals surface area contributed by atoms with Crippen molar-refractivity contribution < 1.29 is 25.9 Å². The van der Waals surface area contributed by atoms with E-state index in [9.17, 15) is 0 Å². The minimum absolute atomic E-state index is 0. The normalized spacial score (nSPS) is 20.9. The predicted molar refractivity (Wildman–Crippen MR) is 157 cm³/mol. The Labute approximate surface area is 231 Å². The van der Waals surface area contributed by atoms with Crippen LogP contribution >= 0.6 is 15.8 Å². The summed E-state index contributed by atoms with van der Waals surface area (Å²) >= 11 is 0. The molecule has 202 valence electrons. The zero-order valence-corrected chi connectivity index (χ0v) is 26.8. The van der Waals surface area contributed by atoms with E-state index in [0.717, 1.165) is 22.6 Å². The third-order valence-electron chi connectivity index (χ3n) is 7.07. The van der Waals surface area contributed by atoms with E-state index in [4.69, 9.17) is 8.83 Å². The SMILES string of the molecule is C1CCCC1.CC(C1CCCC1P(c1ccco1)c1ccco1)P(C(C)(C)C)C(C)(C)C.[CH3-].[CH3-].[Fe+2]. The molecule has 4 rings (SSSR count). The summed E-state index contributed by atoms with van der Waals surface area (Å²) in [4.78, 5) is 0. The minimum atomic E-state index is -0.569. The number of furan rings is 2. The summed E-state index contributed by atoms with van der Waals surface area (Å²) in [6.07, 6.45) is 15.1. The van der Waals surface area contributed by atoms with E-state index < -0.39 is 7.92 Å². The maximum atomic E-state index is 5.93. The molecular weight excluding hydrogens is 510 g/mol. The van der Waals surface area contributed by atoms with Gasteiger partial charge in [0.25, 0.3) is 0 Å². The number of hydrogen-bond donors (Lipinski definition) is 0. The van der Waals surface area contributed by atoms with Gasteiger partial charge < -0.3 is 23.7 Å². The number of hydrogen-bond acceptors (Lipinski definition) is 2. The molecule has 0 bridgehead atoms. The van der Waals surface area contributed by atoms with Crippen molar-refractivity contribution in [3.8, 4) is 0 Å². The molecule has 0 spiro atoms. The van der Waals surface area contributed by atoms with Crippen molar-refractivity contribution in [2.24, 2.45) is 5.92 Å². The summed E-state index contributed by atoms with van der Waals surface area (Å²) < 4.78 is 11.9. The van der Waals surface area contributed by atoms with Crippen molar-refractivity contribution in [1.29, 1.82) is 0 Å². The first-order valence-corrected chi connectivity index (χ1v) is 15.6. The topological polar surface area (TPSA) is 26.3 Å². The molecule has 3 atom stereocenters. The standard InChI is InChI=1S/C23H36O2P2.C5H10.2CH3.Fe/c1-17(27(22(2,3)4)23(5,6)7)18-11-8-12-19(18)26(20-13-9-15-24-20)21-14-10-16-25-21;1-2-4-5-3-1;;;/h9-10,13-19H,8,11-12H2,1-7H3;1-5H2;2*1H3;/q;;2*-1;+2.